The Hall–Kier alpha value is -2.37. The maximum absolute atomic E-state index is 13.1. The molecule has 0 radical (unpaired) electrons. The van der Waals surface area contributed by atoms with Gasteiger partial charge < -0.3 is 10.6 Å². The molecule has 2 aromatic rings. The van der Waals surface area contributed by atoms with Crippen molar-refractivity contribution in [2.45, 2.75) is 32.7 Å². The molecule has 0 aliphatic carbocycles. The second-order valence-corrected chi connectivity index (χ2v) is 6.39. The van der Waals surface area contributed by atoms with Gasteiger partial charge >= 0.3 is 0 Å². The minimum Gasteiger partial charge on any atom is -0.357 e. The lowest BCUT2D eigenvalue weighted by molar-refractivity contribution is 0.506. The summed E-state index contributed by atoms with van der Waals surface area (Å²) in [5, 5.41) is 10.8. The third-order valence-corrected chi connectivity index (χ3v) is 3.99. The fourth-order valence-electron chi connectivity index (χ4n) is 2.37. The Kier molecular flexibility index (Phi) is 5.95. The Morgan fingerprint density at radius 1 is 1.21 bits per heavy atom. The molecule has 0 saturated heterocycles. The molecule has 0 fully saturated rings. The smallest absolute Gasteiger partial charge is 0.191 e. The molecule has 130 valence electrons. The minimum atomic E-state index is -0.214. The molecule has 5 nitrogen and oxygen atoms in total. The SMILES string of the molecule is CCNC(=NCc1ccnn1C)NCC(C)(C)c1ccc(F)cc1. The molecule has 0 amide bonds. The minimum absolute atomic E-state index is 0.142. The predicted octanol–water partition coefficient (Wildman–Crippen LogP) is 2.59. The van der Waals surface area contributed by atoms with Gasteiger partial charge in [-0.1, -0.05) is 26.0 Å². The number of nitrogens with zero attached hydrogens (tertiary/aromatic N) is 3. The standard InChI is InChI=1S/C18H26FN5/c1-5-20-17(21-12-16-10-11-23-24(16)4)22-13-18(2,3)14-6-8-15(19)9-7-14/h6-11H,5,12-13H2,1-4H3,(H2,20,21,22). The van der Waals surface area contributed by atoms with E-state index in [4.69, 9.17) is 0 Å². The van der Waals surface area contributed by atoms with E-state index in [0.717, 1.165) is 23.8 Å². The van der Waals surface area contributed by atoms with E-state index >= 15 is 0 Å². The summed E-state index contributed by atoms with van der Waals surface area (Å²) in [6, 6.07) is 8.61. The Bertz CT molecular complexity index is 673. The first-order chi connectivity index (χ1) is 11.4. The molecule has 24 heavy (non-hydrogen) atoms. The highest BCUT2D eigenvalue weighted by Crippen LogP contribution is 2.22. The zero-order chi connectivity index (χ0) is 17.6. The number of hydrogen-bond acceptors (Lipinski definition) is 2. The van der Waals surface area contributed by atoms with Crippen molar-refractivity contribution < 1.29 is 4.39 Å². The molecule has 2 N–H and O–H groups in total. The van der Waals surface area contributed by atoms with E-state index in [2.05, 4.69) is 34.6 Å². The molecular formula is C18H26FN5. The zero-order valence-electron chi connectivity index (χ0n) is 14.8. The molecule has 0 spiro atoms. The van der Waals surface area contributed by atoms with Crippen LogP contribution in [0, 0.1) is 5.82 Å². The van der Waals surface area contributed by atoms with Crippen LogP contribution in [0.5, 0.6) is 0 Å². The highest BCUT2D eigenvalue weighted by atomic mass is 19.1. The Morgan fingerprint density at radius 3 is 2.50 bits per heavy atom. The number of aryl methyl sites for hydroxylation is 1. The Balaban J connectivity index is 2.02. The monoisotopic (exact) mass is 331 g/mol. The third kappa shape index (κ3) is 4.81. The van der Waals surface area contributed by atoms with Crippen molar-refractivity contribution in [3.63, 3.8) is 0 Å². The number of benzene rings is 1. The van der Waals surface area contributed by atoms with Crippen molar-refractivity contribution in [2.75, 3.05) is 13.1 Å². The fourth-order valence-corrected chi connectivity index (χ4v) is 2.37. The average Bonchev–Trinajstić information content (AvgIpc) is 2.96. The van der Waals surface area contributed by atoms with Gasteiger partial charge in [-0.2, -0.15) is 5.10 Å². The van der Waals surface area contributed by atoms with Crippen molar-refractivity contribution in [3.8, 4) is 0 Å². The topological polar surface area (TPSA) is 54.2 Å². The summed E-state index contributed by atoms with van der Waals surface area (Å²) in [5.74, 6) is 0.544. The summed E-state index contributed by atoms with van der Waals surface area (Å²) in [7, 11) is 1.91. The molecule has 0 saturated carbocycles. The number of rotatable bonds is 6. The van der Waals surface area contributed by atoms with Crippen LogP contribution in [0.25, 0.3) is 0 Å². The van der Waals surface area contributed by atoms with E-state index in [1.54, 1.807) is 6.20 Å². The molecule has 1 aromatic carbocycles. The van der Waals surface area contributed by atoms with E-state index in [1.165, 1.54) is 12.1 Å². The molecule has 1 heterocycles. The van der Waals surface area contributed by atoms with Crippen LogP contribution in [-0.2, 0) is 19.0 Å². The average molecular weight is 331 g/mol. The maximum Gasteiger partial charge on any atom is 0.191 e. The van der Waals surface area contributed by atoms with Crippen LogP contribution in [-0.4, -0.2) is 28.8 Å². The number of nitrogens with one attached hydrogen (secondary N) is 2. The highest BCUT2D eigenvalue weighted by Gasteiger charge is 2.21. The second-order valence-electron chi connectivity index (χ2n) is 6.39. The van der Waals surface area contributed by atoms with Crippen LogP contribution >= 0.6 is 0 Å². The van der Waals surface area contributed by atoms with Crippen LogP contribution in [0.3, 0.4) is 0 Å². The fraction of sp³-hybridized carbons (Fsp3) is 0.444. The summed E-state index contributed by atoms with van der Waals surface area (Å²) >= 11 is 0. The predicted molar refractivity (Wildman–Crippen MR) is 95.5 cm³/mol. The van der Waals surface area contributed by atoms with Gasteiger partial charge in [-0.15, -0.1) is 0 Å². The van der Waals surface area contributed by atoms with Crippen molar-refractivity contribution in [1.82, 2.24) is 20.4 Å². The van der Waals surface area contributed by atoms with E-state index in [1.807, 2.05) is 36.9 Å². The van der Waals surface area contributed by atoms with Crippen LogP contribution in [0.4, 0.5) is 4.39 Å². The Labute approximate surface area is 143 Å². The summed E-state index contributed by atoms with van der Waals surface area (Å²) in [6.07, 6.45) is 1.77. The molecule has 6 heteroatoms. The summed E-state index contributed by atoms with van der Waals surface area (Å²) in [4.78, 5) is 4.60. The van der Waals surface area contributed by atoms with E-state index in [9.17, 15) is 4.39 Å². The first-order valence-electron chi connectivity index (χ1n) is 8.17. The van der Waals surface area contributed by atoms with Gasteiger partial charge in [0.05, 0.1) is 12.2 Å². The zero-order valence-corrected chi connectivity index (χ0v) is 14.8. The van der Waals surface area contributed by atoms with Gasteiger partial charge in [0.2, 0.25) is 0 Å². The highest BCUT2D eigenvalue weighted by molar-refractivity contribution is 5.79. The lowest BCUT2D eigenvalue weighted by Crippen LogP contribution is -2.43. The lowest BCUT2D eigenvalue weighted by atomic mass is 9.84. The van der Waals surface area contributed by atoms with Crippen LogP contribution in [0.15, 0.2) is 41.5 Å². The molecule has 2 rings (SSSR count). The van der Waals surface area contributed by atoms with Gasteiger partial charge in [0.25, 0.3) is 0 Å². The number of aromatic nitrogens is 2. The quantitative estimate of drug-likeness (QED) is 0.632. The second kappa shape index (κ2) is 7.95. The van der Waals surface area contributed by atoms with Crippen molar-refractivity contribution in [3.05, 3.63) is 53.6 Å². The first kappa shape index (κ1) is 18.0. The molecule has 0 aliphatic heterocycles. The van der Waals surface area contributed by atoms with E-state index in [-0.39, 0.29) is 11.2 Å². The lowest BCUT2D eigenvalue weighted by Gasteiger charge is -2.26. The number of aliphatic imine (C=N–C) groups is 1. The molecule has 0 atom stereocenters. The molecule has 0 aliphatic rings. The third-order valence-electron chi connectivity index (χ3n) is 3.99. The first-order valence-corrected chi connectivity index (χ1v) is 8.17. The summed E-state index contributed by atoms with van der Waals surface area (Å²) in [6.45, 7) is 8.31. The van der Waals surface area contributed by atoms with Crippen LogP contribution in [0.1, 0.15) is 32.0 Å². The Morgan fingerprint density at radius 2 is 1.92 bits per heavy atom. The summed E-state index contributed by atoms with van der Waals surface area (Å²) in [5.41, 5.74) is 1.99. The van der Waals surface area contributed by atoms with Gasteiger partial charge in [-0.25, -0.2) is 9.38 Å². The number of guanidine groups is 1. The van der Waals surface area contributed by atoms with Gasteiger partial charge in [-0.05, 0) is 30.7 Å². The van der Waals surface area contributed by atoms with Crippen molar-refractivity contribution >= 4 is 5.96 Å². The molecule has 0 bridgehead atoms. The van der Waals surface area contributed by atoms with Gasteiger partial charge in [0, 0.05) is 31.7 Å². The largest absolute Gasteiger partial charge is 0.357 e. The van der Waals surface area contributed by atoms with Crippen molar-refractivity contribution in [1.29, 1.82) is 0 Å². The number of hydrogen-bond donors (Lipinski definition) is 2. The molecule has 1 aromatic heterocycles. The maximum atomic E-state index is 13.1. The van der Waals surface area contributed by atoms with E-state index in [0.29, 0.717) is 13.1 Å². The van der Waals surface area contributed by atoms with Gasteiger partial charge in [0.15, 0.2) is 5.96 Å². The molecular weight excluding hydrogens is 305 g/mol. The van der Waals surface area contributed by atoms with Crippen LogP contribution < -0.4 is 10.6 Å². The number of halogens is 1. The van der Waals surface area contributed by atoms with Crippen molar-refractivity contribution in [2.24, 2.45) is 12.0 Å². The van der Waals surface area contributed by atoms with Gasteiger partial charge in [0.1, 0.15) is 5.82 Å². The summed E-state index contributed by atoms with van der Waals surface area (Å²) < 4.78 is 14.9. The van der Waals surface area contributed by atoms with E-state index < -0.39 is 0 Å². The van der Waals surface area contributed by atoms with Crippen LogP contribution in [0.2, 0.25) is 0 Å². The normalized spacial score (nSPS) is 12.3. The molecule has 0 unspecified atom stereocenters. The van der Waals surface area contributed by atoms with Gasteiger partial charge in [-0.3, -0.25) is 4.68 Å².